The normalized spacial score (nSPS) is 15.6. The van der Waals surface area contributed by atoms with E-state index in [2.05, 4.69) is 16.8 Å². The van der Waals surface area contributed by atoms with E-state index in [1.165, 1.54) is 0 Å². The highest BCUT2D eigenvalue weighted by molar-refractivity contribution is 5.74. The summed E-state index contributed by atoms with van der Waals surface area (Å²) >= 11 is 0. The first-order chi connectivity index (χ1) is 10.2. The van der Waals surface area contributed by atoms with Gasteiger partial charge in [0.25, 0.3) is 0 Å². The molecule has 1 saturated heterocycles. The summed E-state index contributed by atoms with van der Waals surface area (Å²) in [6.07, 6.45) is 1.90. The number of amides is 2. The van der Waals surface area contributed by atoms with Crippen molar-refractivity contribution in [3.05, 3.63) is 42.5 Å². The molecular weight excluding hydrogens is 266 g/mol. The Labute approximate surface area is 126 Å². The lowest BCUT2D eigenvalue weighted by Gasteiger charge is -2.34. The number of hydrogen-bond donors (Lipinski definition) is 1. The van der Waals surface area contributed by atoms with Gasteiger partial charge in [0.05, 0.1) is 7.11 Å². The number of nitrogens with zero attached hydrogens (tertiary/aromatic N) is 2. The molecule has 0 unspecified atom stereocenters. The van der Waals surface area contributed by atoms with Gasteiger partial charge in [-0.25, -0.2) is 4.79 Å². The van der Waals surface area contributed by atoms with Crippen LogP contribution in [0.25, 0.3) is 0 Å². The van der Waals surface area contributed by atoms with Crippen LogP contribution < -0.4 is 10.1 Å². The van der Waals surface area contributed by atoms with Crippen LogP contribution in [0.2, 0.25) is 0 Å². The first-order valence-electron chi connectivity index (χ1n) is 7.22. The van der Waals surface area contributed by atoms with Crippen LogP contribution in [0.1, 0.15) is 5.56 Å². The number of piperazine rings is 1. The Morgan fingerprint density at radius 2 is 2.05 bits per heavy atom. The van der Waals surface area contributed by atoms with Crippen LogP contribution in [0.5, 0.6) is 5.75 Å². The van der Waals surface area contributed by atoms with Gasteiger partial charge < -0.3 is 15.0 Å². The zero-order chi connectivity index (χ0) is 15.1. The first kappa shape index (κ1) is 15.4. The van der Waals surface area contributed by atoms with Gasteiger partial charge in [-0.15, -0.1) is 6.58 Å². The second-order valence-corrected chi connectivity index (χ2v) is 5.05. The largest absolute Gasteiger partial charge is 0.496 e. The fourth-order valence-corrected chi connectivity index (χ4v) is 2.45. The minimum absolute atomic E-state index is 0.0147. The van der Waals surface area contributed by atoms with Crippen LogP contribution in [0.4, 0.5) is 4.79 Å². The maximum absolute atomic E-state index is 12.2. The fourth-order valence-electron chi connectivity index (χ4n) is 2.45. The second kappa shape index (κ2) is 7.69. The molecule has 21 heavy (non-hydrogen) atoms. The molecule has 1 aromatic carbocycles. The summed E-state index contributed by atoms with van der Waals surface area (Å²) in [6, 6.07) is 7.71. The molecule has 0 spiro atoms. The Morgan fingerprint density at radius 3 is 2.71 bits per heavy atom. The van der Waals surface area contributed by atoms with Crippen LogP contribution in [-0.2, 0) is 6.54 Å². The van der Waals surface area contributed by atoms with E-state index in [9.17, 15) is 4.79 Å². The highest BCUT2D eigenvalue weighted by Gasteiger charge is 2.20. The average Bonchev–Trinajstić information content (AvgIpc) is 2.54. The Hall–Kier alpha value is -2.01. The number of ether oxygens (including phenoxy) is 1. The Morgan fingerprint density at radius 1 is 1.33 bits per heavy atom. The third kappa shape index (κ3) is 4.23. The van der Waals surface area contributed by atoms with E-state index in [4.69, 9.17) is 4.74 Å². The molecule has 5 nitrogen and oxygen atoms in total. The fraction of sp³-hybridized carbons (Fsp3) is 0.438. The van der Waals surface area contributed by atoms with E-state index in [1.54, 1.807) is 7.11 Å². The van der Waals surface area contributed by atoms with E-state index < -0.39 is 0 Å². The molecule has 114 valence electrons. The lowest BCUT2D eigenvalue weighted by atomic mass is 10.2. The van der Waals surface area contributed by atoms with Crippen molar-refractivity contribution in [3.8, 4) is 5.75 Å². The van der Waals surface area contributed by atoms with Gasteiger partial charge >= 0.3 is 6.03 Å². The third-order valence-electron chi connectivity index (χ3n) is 3.67. The smallest absolute Gasteiger partial charge is 0.317 e. The van der Waals surface area contributed by atoms with E-state index in [0.717, 1.165) is 44.0 Å². The lowest BCUT2D eigenvalue weighted by Crippen LogP contribution is -2.51. The molecule has 2 amide bonds. The van der Waals surface area contributed by atoms with Crippen molar-refractivity contribution in [1.82, 2.24) is 15.1 Å². The van der Waals surface area contributed by atoms with Crippen molar-refractivity contribution in [1.29, 1.82) is 0 Å². The Balaban J connectivity index is 1.81. The monoisotopic (exact) mass is 289 g/mol. The molecular formula is C16H23N3O2. The summed E-state index contributed by atoms with van der Waals surface area (Å²) in [6.45, 7) is 8.41. The van der Waals surface area contributed by atoms with Crippen LogP contribution in [0.15, 0.2) is 36.9 Å². The molecule has 0 atom stereocenters. The minimum Gasteiger partial charge on any atom is -0.496 e. The Kier molecular flexibility index (Phi) is 5.63. The Bertz CT molecular complexity index is 482. The topological polar surface area (TPSA) is 44.8 Å². The molecule has 1 aliphatic rings. The average molecular weight is 289 g/mol. The predicted molar refractivity (Wildman–Crippen MR) is 83.4 cm³/mol. The SMILES string of the molecule is C=CCN1CCN(C(=O)NCc2ccccc2OC)CC1. The van der Waals surface area contributed by atoms with Gasteiger partial charge in [-0.1, -0.05) is 24.3 Å². The van der Waals surface area contributed by atoms with Gasteiger partial charge in [0.2, 0.25) is 0 Å². The molecule has 1 aromatic rings. The van der Waals surface area contributed by atoms with Gasteiger partial charge in [0, 0.05) is 44.8 Å². The first-order valence-corrected chi connectivity index (χ1v) is 7.22. The molecule has 0 aromatic heterocycles. The van der Waals surface area contributed by atoms with E-state index in [-0.39, 0.29) is 6.03 Å². The number of nitrogens with one attached hydrogen (secondary N) is 1. The number of hydrogen-bond acceptors (Lipinski definition) is 3. The molecule has 0 aliphatic carbocycles. The van der Waals surface area contributed by atoms with Crippen LogP contribution in [0, 0.1) is 0 Å². The number of carbonyl (C=O) groups is 1. The summed E-state index contributed by atoms with van der Waals surface area (Å²) in [5.74, 6) is 0.800. The van der Waals surface area contributed by atoms with E-state index in [0.29, 0.717) is 6.54 Å². The third-order valence-corrected chi connectivity index (χ3v) is 3.67. The van der Waals surface area contributed by atoms with E-state index >= 15 is 0 Å². The van der Waals surface area contributed by atoms with Crippen molar-refractivity contribution in [2.75, 3.05) is 39.8 Å². The predicted octanol–water partition coefficient (Wildman–Crippen LogP) is 1.71. The molecule has 2 rings (SSSR count). The number of methoxy groups -OCH3 is 1. The number of carbonyl (C=O) groups excluding carboxylic acids is 1. The second-order valence-electron chi connectivity index (χ2n) is 5.05. The van der Waals surface area contributed by atoms with Crippen molar-refractivity contribution < 1.29 is 9.53 Å². The zero-order valence-corrected chi connectivity index (χ0v) is 12.5. The quantitative estimate of drug-likeness (QED) is 0.839. The molecule has 0 radical (unpaired) electrons. The molecule has 1 fully saturated rings. The highest BCUT2D eigenvalue weighted by Crippen LogP contribution is 2.16. The zero-order valence-electron chi connectivity index (χ0n) is 12.5. The van der Waals surface area contributed by atoms with Crippen LogP contribution >= 0.6 is 0 Å². The maximum Gasteiger partial charge on any atom is 0.317 e. The van der Waals surface area contributed by atoms with Crippen molar-refractivity contribution >= 4 is 6.03 Å². The summed E-state index contributed by atoms with van der Waals surface area (Å²) < 4.78 is 5.28. The van der Waals surface area contributed by atoms with Crippen molar-refractivity contribution in [2.24, 2.45) is 0 Å². The van der Waals surface area contributed by atoms with Crippen LogP contribution in [0.3, 0.4) is 0 Å². The lowest BCUT2D eigenvalue weighted by molar-refractivity contribution is 0.146. The van der Waals surface area contributed by atoms with Crippen LogP contribution in [-0.4, -0.2) is 55.7 Å². The van der Waals surface area contributed by atoms with Gasteiger partial charge in [-0.05, 0) is 6.07 Å². The molecule has 5 heteroatoms. The van der Waals surface area contributed by atoms with Gasteiger partial charge in [-0.2, -0.15) is 0 Å². The molecule has 0 saturated carbocycles. The van der Waals surface area contributed by atoms with E-state index in [1.807, 2.05) is 35.2 Å². The minimum atomic E-state index is -0.0147. The number of urea groups is 1. The van der Waals surface area contributed by atoms with Crippen molar-refractivity contribution in [2.45, 2.75) is 6.54 Å². The molecule has 0 bridgehead atoms. The van der Waals surface area contributed by atoms with Crippen molar-refractivity contribution in [3.63, 3.8) is 0 Å². The number of benzene rings is 1. The summed E-state index contributed by atoms with van der Waals surface area (Å²) in [5.41, 5.74) is 0.985. The van der Waals surface area contributed by atoms with Gasteiger partial charge in [0.15, 0.2) is 0 Å². The molecule has 1 N–H and O–H groups in total. The molecule has 1 aliphatic heterocycles. The van der Waals surface area contributed by atoms with Gasteiger partial charge in [0.1, 0.15) is 5.75 Å². The van der Waals surface area contributed by atoms with Gasteiger partial charge in [-0.3, -0.25) is 4.90 Å². The number of rotatable bonds is 5. The summed E-state index contributed by atoms with van der Waals surface area (Å²) in [5, 5.41) is 2.96. The molecule has 1 heterocycles. The standard InChI is InChI=1S/C16H23N3O2/c1-3-8-18-9-11-19(12-10-18)16(20)17-13-14-6-4-5-7-15(14)21-2/h3-7H,1,8-13H2,2H3,(H,17,20). The number of para-hydroxylation sites is 1. The summed E-state index contributed by atoms with van der Waals surface area (Å²) in [4.78, 5) is 16.3. The maximum atomic E-state index is 12.2. The summed E-state index contributed by atoms with van der Waals surface area (Å²) in [7, 11) is 1.64. The highest BCUT2D eigenvalue weighted by atomic mass is 16.5.